The van der Waals surface area contributed by atoms with Crippen LogP contribution in [0.15, 0.2) is 72.0 Å². The highest BCUT2D eigenvalue weighted by molar-refractivity contribution is 6.28. The lowest BCUT2D eigenvalue weighted by Crippen LogP contribution is -2.36. The maximum Gasteiger partial charge on any atom is 0.273 e. The monoisotopic (exact) mass is 490 g/mol. The molecule has 0 spiro atoms. The van der Waals surface area contributed by atoms with E-state index >= 15 is 0 Å². The number of nitrogens with one attached hydrogen (secondary N) is 1. The maximum atomic E-state index is 14.1. The molecule has 0 radical (unpaired) electrons. The summed E-state index contributed by atoms with van der Waals surface area (Å²) in [7, 11) is 0. The van der Waals surface area contributed by atoms with Crippen LogP contribution in [-0.2, 0) is 15.5 Å². The molecule has 0 saturated heterocycles. The van der Waals surface area contributed by atoms with Gasteiger partial charge in [-0.05, 0) is 48.7 Å². The summed E-state index contributed by atoms with van der Waals surface area (Å²) in [4.78, 5) is 30.8. The molecule has 4 rings (SSSR count). The Morgan fingerprint density at radius 1 is 1.11 bits per heavy atom. The second-order valence-corrected chi connectivity index (χ2v) is 9.10. The van der Waals surface area contributed by atoms with Gasteiger partial charge in [0.1, 0.15) is 0 Å². The topological polar surface area (TPSA) is 74.7 Å². The molecule has 8 heteroatoms. The van der Waals surface area contributed by atoms with Crippen molar-refractivity contribution in [2.45, 2.75) is 46.0 Å². The van der Waals surface area contributed by atoms with Gasteiger partial charge in [0, 0.05) is 29.4 Å². The molecule has 36 heavy (non-hydrogen) atoms. The Morgan fingerprint density at radius 2 is 1.86 bits per heavy atom. The summed E-state index contributed by atoms with van der Waals surface area (Å²) < 4.78 is 28.2. The van der Waals surface area contributed by atoms with Crippen molar-refractivity contribution in [2.75, 3.05) is 10.3 Å². The predicted octanol–water partition coefficient (Wildman–Crippen LogP) is 6.35. The van der Waals surface area contributed by atoms with E-state index < -0.39 is 23.7 Å². The molecule has 186 valence electrons. The van der Waals surface area contributed by atoms with Gasteiger partial charge in [0.25, 0.3) is 11.8 Å². The summed E-state index contributed by atoms with van der Waals surface area (Å²) in [6.45, 7) is 7.17. The second kappa shape index (κ2) is 9.97. The van der Waals surface area contributed by atoms with Gasteiger partial charge in [-0.25, -0.2) is 8.78 Å². The number of halogens is 2. The van der Waals surface area contributed by atoms with E-state index in [4.69, 9.17) is 0 Å². The van der Waals surface area contributed by atoms with E-state index in [0.29, 0.717) is 11.4 Å². The quantitative estimate of drug-likeness (QED) is 0.392. The van der Waals surface area contributed by atoms with Crippen LogP contribution in [0.25, 0.3) is 11.3 Å². The molecule has 6 nitrogen and oxygen atoms in total. The van der Waals surface area contributed by atoms with Gasteiger partial charge in [-0.15, -0.1) is 0 Å². The SMILES string of the molecule is CCC(F)(F)c1cccc(NC(=O)C2C(=O)N(c3cccc(-c4ncccc4C(C)C)c3)N=C2C)c1. The van der Waals surface area contributed by atoms with Crippen molar-refractivity contribution in [3.05, 3.63) is 78.0 Å². The Balaban J connectivity index is 1.57. The number of anilines is 2. The molecule has 0 fully saturated rings. The fourth-order valence-corrected chi connectivity index (χ4v) is 4.21. The number of benzene rings is 2. The summed E-state index contributed by atoms with van der Waals surface area (Å²) >= 11 is 0. The van der Waals surface area contributed by atoms with E-state index in [9.17, 15) is 18.4 Å². The highest BCUT2D eigenvalue weighted by atomic mass is 19.3. The number of alkyl halides is 2. The van der Waals surface area contributed by atoms with Crippen LogP contribution in [0, 0.1) is 5.92 Å². The molecular weight excluding hydrogens is 462 g/mol. The van der Waals surface area contributed by atoms with Crippen molar-refractivity contribution in [2.24, 2.45) is 11.0 Å². The zero-order chi connectivity index (χ0) is 26.0. The van der Waals surface area contributed by atoms with Crippen molar-refractivity contribution in [3.63, 3.8) is 0 Å². The fourth-order valence-electron chi connectivity index (χ4n) is 4.21. The average molecular weight is 491 g/mol. The van der Waals surface area contributed by atoms with Crippen LogP contribution >= 0.6 is 0 Å². The number of carbonyl (C=O) groups is 2. The van der Waals surface area contributed by atoms with Gasteiger partial charge in [-0.2, -0.15) is 10.1 Å². The van der Waals surface area contributed by atoms with Crippen LogP contribution in [0.3, 0.4) is 0 Å². The zero-order valence-electron chi connectivity index (χ0n) is 20.6. The van der Waals surface area contributed by atoms with E-state index in [1.165, 1.54) is 36.2 Å². The fraction of sp³-hybridized carbons (Fsp3) is 0.286. The smallest absolute Gasteiger partial charge is 0.273 e. The van der Waals surface area contributed by atoms with E-state index in [2.05, 4.69) is 29.2 Å². The van der Waals surface area contributed by atoms with E-state index in [1.807, 2.05) is 30.3 Å². The van der Waals surface area contributed by atoms with Crippen LogP contribution in [0.1, 0.15) is 51.2 Å². The van der Waals surface area contributed by atoms with Gasteiger partial charge >= 0.3 is 0 Å². The normalized spacial score (nSPS) is 15.9. The molecule has 1 aliphatic rings. The molecule has 1 unspecified atom stereocenters. The van der Waals surface area contributed by atoms with Gasteiger partial charge in [-0.3, -0.25) is 14.6 Å². The first-order chi connectivity index (χ1) is 17.1. The van der Waals surface area contributed by atoms with Gasteiger partial charge in [0.15, 0.2) is 5.92 Å². The lowest BCUT2D eigenvalue weighted by atomic mass is 9.97. The lowest BCUT2D eigenvalue weighted by molar-refractivity contribution is -0.127. The molecule has 0 saturated carbocycles. The number of carbonyl (C=O) groups excluding carboxylic acids is 2. The number of pyridine rings is 1. The summed E-state index contributed by atoms with van der Waals surface area (Å²) in [5.41, 5.74) is 3.56. The van der Waals surface area contributed by atoms with Crippen molar-refractivity contribution >= 4 is 28.9 Å². The van der Waals surface area contributed by atoms with Crippen molar-refractivity contribution < 1.29 is 18.4 Å². The standard InChI is InChI=1S/C28H28F2N4O2/c1-5-28(29,30)20-10-7-11-21(16-20)32-26(35)24-18(4)33-34(27(24)36)22-12-6-9-19(15-22)25-23(17(2)3)13-8-14-31-25/h6-17,24H,5H2,1-4H3,(H,32,35). The van der Waals surface area contributed by atoms with Gasteiger partial charge in [-0.1, -0.05) is 51.1 Å². The van der Waals surface area contributed by atoms with Gasteiger partial charge in [0.2, 0.25) is 5.91 Å². The number of aromatic nitrogens is 1. The molecule has 0 aliphatic carbocycles. The van der Waals surface area contributed by atoms with Crippen LogP contribution < -0.4 is 10.3 Å². The molecule has 1 aromatic heterocycles. The summed E-state index contributed by atoms with van der Waals surface area (Å²) in [6.07, 6.45) is 1.37. The molecular formula is C28H28F2N4O2. The molecule has 1 atom stereocenters. The molecule has 1 N–H and O–H groups in total. The Labute approximate surface area is 209 Å². The van der Waals surface area contributed by atoms with Gasteiger partial charge in [0.05, 0.1) is 17.1 Å². The number of hydrogen-bond donors (Lipinski definition) is 1. The minimum absolute atomic E-state index is 0.195. The van der Waals surface area contributed by atoms with Crippen molar-refractivity contribution in [1.29, 1.82) is 0 Å². The van der Waals surface area contributed by atoms with E-state index in [1.54, 1.807) is 19.2 Å². The number of amides is 2. The third-order valence-electron chi connectivity index (χ3n) is 6.21. The molecule has 0 bridgehead atoms. The van der Waals surface area contributed by atoms with Crippen molar-refractivity contribution in [3.8, 4) is 11.3 Å². The summed E-state index contributed by atoms with van der Waals surface area (Å²) in [5, 5.41) is 8.16. The van der Waals surface area contributed by atoms with E-state index in [-0.39, 0.29) is 23.6 Å². The molecule has 2 heterocycles. The Morgan fingerprint density at radius 3 is 2.58 bits per heavy atom. The van der Waals surface area contributed by atoms with Crippen LogP contribution in [0.2, 0.25) is 0 Å². The summed E-state index contributed by atoms with van der Waals surface area (Å²) in [6, 6.07) is 16.7. The number of rotatable bonds is 7. The van der Waals surface area contributed by atoms with E-state index in [0.717, 1.165) is 16.8 Å². The van der Waals surface area contributed by atoms with Crippen LogP contribution in [0.5, 0.6) is 0 Å². The number of hydrogen-bond acceptors (Lipinski definition) is 4. The Kier molecular flexibility index (Phi) is 6.97. The van der Waals surface area contributed by atoms with Crippen LogP contribution in [0.4, 0.5) is 20.2 Å². The minimum atomic E-state index is -3.01. The molecule has 1 aliphatic heterocycles. The largest absolute Gasteiger partial charge is 0.325 e. The summed E-state index contributed by atoms with van der Waals surface area (Å²) in [5.74, 6) is -5.04. The first-order valence-corrected chi connectivity index (χ1v) is 11.9. The van der Waals surface area contributed by atoms with Gasteiger partial charge < -0.3 is 5.32 Å². The lowest BCUT2D eigenvalue weighted by Gasteiger charge is -2.17. The first kappa shape index (κ1) is 25.2. The maximum absolute atomic E-state index is 14.1. The predicted molar refractivity (Wildman–Crippen MR) is 137 cm³/mol. The zero-order valence-corrected chi connectivity index (χ0v) is 20.6. The number of hydrazone groups is 1. The molecule has 3 aromatic rings. The highest BCUT2D eigenvalue weighted by Crippen LogP contribution is 2.34. The average Bonchev–Trinajstić information content (AvgIpc) is 3.18. The molecule has 2 aromatic carbocycles. The molecule has 2 amide bonds. The Hall–Kier alpha value is -3.94. The minimum Gasteiger partial charge on any atom is -0.325 e. The third kappa shape index (κ3) is 4.89. The highest BCUT2D eigenvalue weighted by Gasteiger charge is 2.40. The Bertz CT molecular complexity index is 1340. The van der Waals surface area contributed by atoms with Crippen LogP contribution in [-0.4, -0.2) is 22.5 Å². The number of nitrogens with zero attached hydrogens (tertiary/aromatic N) is 3. The van der Waals surface area contributed by atoms with Crippen molar-refractivity contribution in [1.82, 2.24) is 4.98 Å². The first-order valence-electron chi connectivity index (χ1n) is 11.9. The second-order valence-electron chi connectivity index (χ2n) is 9.10. The third-order valence-corrected chi connectivity index (χ3v) is 6.21.